The maximum atomic E-state index is 9.84. The summed E-state index contributed by atoms with van der Waals surface area (Å²) in [4.78, 5) is 0.952. The van der Waals surface area contributed by atoms with Crippen molar-refractivity contribution in [1.29, 1.82) is 0 Å². The molecule has 0 saturated carbocycles. The van der Waals surface area contributed by atoms with Gasteiger partial charge in [-0.1, -0.05) is 6.07 Å². The highest BCUT2D eigenvalue weighted by atomic mass is 32.1. The van der Waals surface area contributed by atoms with Gasteiger partial charge in [-0.3, -0.25) is 0 Å². The second-order valence-corrected chi connectivity index (χ2v) is 4.58. The van der Waals surface area contributed by atoms with Gasteiger partial charge in [-0.15, -0.1) is 11.3 Å². The Morgan fingerprint density at radius 1 is 1.56 bits per heavy atom. The Morgan fingerprint density at radius 3 is 2.94 bits per heavy atom. The van der Waals surface area contributed by atoms with Crippen LogP contribution in [-0.4, -0.2) is 43.1 Å². The third kappa shape index (κ3) is 4.59. The lowest BCUT2D eigenvalue weighted by molar-refractivity contribution is 0.128. The number of methoxy groups -OCH3 is 1. The Morgan fingerprint density at radius 2 is 2.38 bits per heavy atom. The molecule has 0 aliphatic heterocycles. The SMILES string of the molecule is COCC(CCO)NCC(O)c1cccs1. The molecule has 16 heavy (non-hydrogen) atoms. The number of hydrogen-bond donors (Lipinski definition) is 3. The van der Waals surface area contributed by atoms with E-state index in [1.165, 1.54) is 11.3 Å². The Hall–Kier alpha value is -0.460. The number of aliphatic hydroxyl groups excluding tert-OH is 2. The van der Waals surface area contributed by atoms with Gasteiger partial charge in [0.2, 0.25) is 0 Å². The fourth-order valence-corrected chi connectivity index (χ4v) is 2.17. The van der Waals surface area contributed by atoms with E-state index in [1.54, 1.807) is 7.11 Å². The van der Waals surface area contributed by atoms with E-state index in [0.29, 0.717) is 19.6 Å². The number of hydrogen-bond acceptors (Lipinski definition) is 5. The van der Waals surface area contributed by atoms with Gasteiger partial charge in [0.1, 0.15) is 6.10 Å². The van der Waals surface area contributed by atoms with E-state index >= 15 is 0 Å². The first-order valence-corrected chi connectivity index (χ1v) is 6.20. The average molecular weight is 245 g/mol. The largest absolute Gasteiger partial charge is 0.396 e. The average Bonchev–Trinajstić information content (AvgIpc) is 2.79. The quantitative estimate of drug-likeness (QED) is 0.633. The second kappa shape index (κ2) is 7.76. The van der Waals surface area contributed by atoms with Crippen LogP contribution in [0.1, 0.15) is 17.4 Å². The lowest BCUT2D eigenvalue weighted by Gasteiger charge is -2.18. The molecule has 1 heterocycles. The van der Waals surface area contributed by atoms with Crippen molar-refractivity contribution in [3.05, 3.63) is 22.4 Å². The van der Waals surface area contributed by atoms with Crippen molar-refractivity contribution in [2.45, 2.75) is 18.6 Å². The summed E-state index contributed by atoms with van der Waals surface area (Å²) in [6, 6.07) is 3.92. The number of thiophene rings is 1. The molecule has 2 unspecified atom stereocenters. The first kappa shape index (κ1) is 13.6. The van der Waals surface area contributed by atoms with Gasteiger partial charge in [0.25, 0.3) is 0 Å². The minimum atomic E-state index is -0.488. The second-order valence-electron chi connectivity index (χ2n) is 3.60. The molecule has 0 amide bonds. The van der Waals surface area contributed by atoms with E-state index in [-0.39, 0.29) is 12.6 Å². The molecule has 1 aromatic rings. The first-order valence-electron chi connectivity index (χ1n) is 5.32. The minimum Gasteiger partial charge on any atom is -0.396 e. The lowest BCUT2D eigenvalue weighted by atomic mass is 10.2. The van der Waals surface area contributed by atoms with Crippen molar-refractivity contribution in [2.24, 2.45) is 0 Å². The summed E-state index contributed by atoms with van der Waals surface area (Å²) in [5, 5.41) is 23.8. The summed E-state index contributed by atoms with van der Waals surface area (Å²) in [7, 11) is 1.63. The van der Waals surface area contributed by atoms with Crippen LogP contribution in [-0.2, 0) is 4.74 Å². The van der Waals surface area contributed by atoms with Crippen molar-refractivity contribution < 1.29 is 14.9 Å². The highest BCUT2D eigenvalue weighted by Gasteiger charge is 2.12. The van der Waals surface area contributed by atoms with Gasteiger partial charge in [-0.2, -0.15) is 0 Å². The first-order chi connectivity index (χ1) is 7.77. The van der Waals surface area contributed by atoms with Crippen molar-refractivity contribution >= 4 is 11.3 Å². The van der Waals surface area contributed by atoms with Gasteiger partial charge in [0.05, 0.1) is 6.61 Å². The molecule has 0 bridgehead atoms. The molecule has 0 fully saturated rings. The topological polar surface area (TPSA) is 61.7 Å². The van der Waals surface area contributed by atoms with Gasteiger partial charge in [-0.05, 0) is 17.9 Å². The highest BCUT2D eigenvalue weighted by Crippen LogP contribution is 2.17. The zero-order valence-corrected chi connectivity index (χ0v) is 10.2. The van der Waals surface area contributed by atoms with E-state index in [2.05, 4.69) is 5.32 Å². The molecular formula is C11H19NO3S. The van der Waals surface area contributed by atoms with Crippen LogP contribution in [0.5, 0.6) is 0 Å². The fourth-order valence-electron chi connectivity index (χ4n) is 1.46. The van der Waals surface area contributed by atoms with Crippen molar-refractivity contribution in [3.63, 3.8) is 0 Å². The van der Waals surface area contributed by atoms with Crippen LogP contribution in [0, 0.1) is 0 Å². The minimum absolute atomic E-state index is 0.0876. The number of ether oxygens (including phenoxy) is 1. The Labute approximate surface area is 99.9 Å². The molecule has 0 aromatic carbocycles. The molecule has 92 valence electrons. The predicted molar refractivity (Wildman–Crippen MR) is 64.6 cm³/mol. The maximum absolute atomic E-state index is 9.84. The van der Waals surface area contributed by atoms with Crippen LogP contribution in [0.4, 0.5) is 0 Å². The molecule has 0 aliphatic rings. The van der Waals surface area contributed by atoms with Crippen molar-refractivity contribution in [3.8, 4) is 0 Å². The monoisotopic (exact) mass is 245 g/mol. The summed E-state index contributed by atoms with van der Waals surface area (Å²) in [5.74, 6) is 0. The van der Waals surface area contributed by atoms with Crippen LogP contribution in [0.25, 0.3) is 0 Å². The lowest BCUT2D eigenvalue weighted by Crippen LogP contribution is -2.36. The predicted octanol–water partition coefficient (Wildman–Crippen LogP) is 0.768. The summed E-state index contributed by atoms with van der Waals surface area (Å²) < 4.78 is 5.03. The molecule has 4 nitrogen and oxygen atoms in total. The van der Waals surface area contributed by atoms with Gasteiger partial charge in [0.15, 0.2) is 0 Å². The fraction of sp³-hybridized carbons (Fsp3) is 0.636. The highest BCUT2D eigenvalue weighted by molar-refractivity contribution is 7.10. The zero-order chi connectivity index (χ0) is 11.8. The number of aliphatic hydroxyl groups is 2. The van der Waals surface area contributed by atoms with Crippen molar-refractivity contribution in [1.82, 2.24) is 5.32 Å². The molecule has 3 N–H and O–H groups in total. The normalized spacial score (nSPS) is 14.9. The molecule has 2 atom stereocenters. The van der Waals surface area contributed by atoms with Crippen LogP contribution in [0.3, 0.4) is 0 Å². The third-order valence-corrected chi connectivity index (χ3v) is 3.29. The molecular weight excluding hydrogens is 226 g/mol. The van der Waals surface area contributed by atoms with E-state index < -0.39 is 6.10 Å². The van der Waals surface area contributed by atoms with Crippen LogP contribution >= 0.6 is 11.3 Å². The summed E-state index contributed by atoms with van der Waals surface area (Å²) in [6.45, 7) is 1.14. The molecule has 1 rings (SSSR count). The molecule has 0 radical (unpaired) electrons. The van der Waals surface area contributed by atoms with E-state index in [4.69, 9.17) is 9.84 Å². The molecule has 5 heteroatoms. The summed E-state index contributed by atoms with van der Waals surface area (Å²) >= 11 is 1.54. The molecule has 0 saturated heterocycles. The van der Waals surface area contributed by atoms with Crippen molar-refractivity contribution in [2.75, 3.05) is 26.9 Å². The molecule has 0 spiro atoms. The Kier molecular flexibility index (Phi) is 6.59. The Balaban J connectivity index is 2.30. The smallest absolute Gasteiger partial charge is 0.101 e. The zero-order valence-electron chi connectivity index (χ0n) is 9.43. The number of rotatable bonds is 8. The maximum Gasteiger partial charge on any atom is 0.101 e. The third-order valence-electron chi connectivity index (χ3n) is 2.32. The van der Waals surface area contributed by atoms with Gasteiger partial charge >= 0.3 is 0 Å². The summed E-state index contributed by atoms with van der Waals surface area (Å²) in [5.41, 5.74) is 0. The molecule has 0 aliphatic carbocycles. The standard InChI is InChI=1S/C11H19NO3S/c1-15-8-9(4-5-13)12-7-10(14)11-3-2-6-16-11/h2-3,6,9-10,12-14H,4-5,7-8H2,1H3. The van der Waals surface area contributed by atoms with Gasteiger partial charge in [0, 0.05) is 31.2 Å². The summed E-state index contributed by atoms with van der Waals surface area (Å²) in [6.07, 6.45) is 0.142. The van der Waals surface area contributed by atoms with E-state index in [1.807, 2.05) is 17.5 Å². The van der Waals surface area contributed by atoms with E-state index in [9.17, 15) is 5.11 Å². The Bertz CT molecular complexity index is 260. The van der Waals surface area contributed by atoms with E-state index in [0.717, 1.165) is 4.88 Å². The van der Waals surface area contributed by atoms with Gasteiger partial charge in [-0.25, -0.2) is 0 Å². The van der Waals surface area contributed by atoms with Crippen LogP contribution < -0.4 is 5.32 Å². The van der Waals surface area contributed by atoms with Gasteiger partial charge < -0.3 is 20.3 Å². The van der Waals surface area contributed by atoms with Crippen LogP contribution in [0.2, 0.25) is 0 Å². The number of nitrogens with one attached hydrogen (secondary N) is 1. The van der Waals surface area contributed by atoms with Crippen LogP contribution in [0.15, 0.2) is 17.5 Å². The molecule has 1 aromatic heterocycles.